The molecule has 0 bridgehead atoms. The highest BCUT2D eigenvalue weighted by molar-refractivity contribution is 5.66. The molecule has 0 aromatic heterocycles. The lowest BCUT2D eigenvalue weighted by Gasteiger charge is -2.22. The van der Waals surface area contributed by atoms with E-state index in [4.69, 9.17) is 0 Å². The van der Waals surface area contributed by atoms with Crippen LogP contribution in [0.3, 0.4) is 0 Å². The number of nitriles is 1. The average Bonchev–Trinajstić information content (AvgIpc) is 3.22. The molecule has 1 saturated carbocycles. The molecule has 1 aliphatic heterocycles. The van der Waals surface area contributed by atoms with Crippen molar-refractivity contribution >= 4 is 11.3 Å². The highest BCUT2D eigenvalue weighted by Gasteiger charge is 2.41. The molecule has 2 atom stereocenters. The normalized spacial score (nSPS) is 23.5. The molecule has 2 unspecified atom stereocenters. The van der Waals surface area contributed by atoms with Crippen molar-refractivity contribution in [2.75, 3.05) is 18.0 Å². The third-order valence-corrected chi connectivity index (χ3v) is 6.87. The highest BCUT2D eigenvalue weighted by atomic mass is 15.2. The highest BCUT2D eigenvalue weighted by Crippen LogP contribution is 2.44. The van der Waals surface area contributed by atoms with Gasteiger partial charge in [0, 0.05) is 13.1 Å². The Morgan fingerprint density at radius 3 is 2.43 bits per heavy atom. The Balaban J connectivity index is 1.44. The van der Waals surface area contributed by atoms with Crippen LogP contribution >= 0.6 is 0 Å². The number of aryl methyl sites for hydroxylation is 2. The summed E-state index contributed by atoms with van der Waals surface area (Å²) >= 11 is 0. The third kappa shape index (κ3) is 3.47. The second-order valence-electron chi connectivity index (χ2n) is 8.97. The topological polar surface area (TPSA) is 27.0 Å². The molecule has 0 amide bonds. The number of hydrogen-bond acceptors (Lipinski definition) is 2. The minimum absolute atomic E-state index is 0.767. The van der Waals surface area contributed by atoms with E-state index in [1.54, 1.807) is 0 Å². The zero-order chi connectivity index (χ0) is 19.8. The number of rotatable bonds is 4. The van der Waals surface area contributed by atoms with Crippen molar-refractivity contribution in [1.82, 2.24) is 0 Å². The molecule has 1 saturated heterocycles. The lowest BCUT2D eigenvalue weighted by molar-refractivity contribution is 0.494. The van der Waals surface area contributed by atoms with Crippen molar-refractivity contribution in [3.8, 4) is 6.07 Å². The van der Waals surface area contributed by atoms with E-state index in [0.717, 1.165) is 47.7 Å². The van der Waals surface area contributed by atoms with E-state index < -0.39 is 0 Å². The first-order valence-electron chi connectivity index (χ1n) is 10.5. The Labute approximate surface area is 169 Å². The Hall–Kier alpha value is -2.53. The lowest BCUT2D eigenvalue weighted by Crippen LogP contribution is -2.22. The van der Waals surface area contributed by atoms with Gasteiger partial charge in [0.2, 0.25) is 0 Å². The predicted molar refractivity (Wildman–Crippen MR) is 117 cm³/mol. The van der Waals surface area contributed by atoms with E-state index in [1.807, 2.05) is 18.2 Å². The summed E-state index contributed by atoms with van der Waals surface area (Å²) in [6, 6.07) is 15.1. The fourth-order valence-electron chi connectivity index (χ4n) is 5.52. The predicted octanol–water partition coefficient (Wildman–Crippen LogP) is 5.91. The number of para-hydroxylation sites is 1. The number of nitrogens with zero attached hydrogens (tertiary/aromatic N) is 2. The minimum atomic E-state index is 0.767. The van der Waals surface area contributed by atoms with E-state index in [2.05, 4.69) is 56.5 Å². The van der Waals surface area contributed by atoms with Gasteiger partial charge in [-0.3, -0.25) is 0 Å². The van der Waals surface area contributed by atoms with Crippen LogP contribution < -0.4 is 4.90 Å². The van der Waals surface area contributed by atoms with Crippen LogP contribution in [0.2, 0.25) is 0 Å². The molecule has 4 rings (SSSR count). The van der Waals surface area contributed by atoms with Gasteiger partial charge in [-0.15, -0.1) is 0 Å². The third-order valence-electron chi connectivity index (χ3n) is 6.87. The molecular weight excluding hydrogens is 340 g/mol. The van der Waals surface area contributed by atoms with Gasteiger partial charge >= 0.3 is 0 Å². The summed E-state index contributed by atoms with van der Waals surface area (Å²) in [6.07, 6.45) is 3.81. The van der Waals surface area contributed by atoms with Crippen molar-refractivity contribution in [2.45, 2.75) is 40.0 Å². The Bertz CT molecular complexity index is 935. The van der Waals surface area contributed by atoms with Crippen LogP contribution in [-0.2, 0) is 6.42 Å². The smallest absolute Gasteiger partial charge is 0.101 e. The summed E-state index contributed by atoms with van der Waals surface area (Å²) < 4.78 is 0. The molecule has 2 aromatic rings. The fourth-order valence-corrected chi connectivity index (χ4v) is 5.52. The zero-order valence-electron chi connectivity index (χ0n) is 17.3. The quantitative estimate of drug-likeness (QED) is 0.668. The van der Waals surface area contributed by atoms with E-state index >= 15 is 0 Å². The molecule has 2 nitrogen and oxygen atoms in total. The van der Waals surface area contributed by atoms with Crippen molar-refractivity contribution in [3.63, 3.8) is 0 Å². The second-order valence-corrected chi connectivity index (χ2v) is 8.97. The first-order valence-corrected chi connectivity index (χ1v) is 10.5. The van der Waals surface area contributed by atoms with Crippen molar-refractivity contribution in [2.24, 2.45) is 17.8 Å². The van der Waals surface area contributed by atoms with Gasteiger partial charge in [0.25, 0.3) is 0 Å². The number of allylic oxidation sites excluding steroid dienone is 1. The molecule has 2 aliphatic rings. The molecule has 0 radical (unpaired) electrons. The van der Waals surface area contributed by atoms with Gasteiger partial charge in [-0.2, -0.15) is 5.26 Å². The Morgan fingerprint density at radius 2 is 1.79 bits per heavy atom. The van der Waals surface area contributed by atoms with E-state index in [0.29, 0.717) is 0 Å². The van der Waals surface area contributed by atoms with E-state index in [1.165, 1.54) is 41.5 Å². The largest absolute Gasteiger partial charge is 0.370 e. The van der Waals surface area contributed by atoms with E-state index in [-0.39, 0.29) is 0 Å². The van der Waals surface area contributed by atoms with Crippen LogP contribution in [0.1, 0.15) is 47.6 Å². The van der Waals surface area contributed by atoms with Gasteiger partial charge < -0.3 is 4.90 Å². The summed E-state index contributed by atoms with van der Waals surface area (Å²) in [4.78, 5) is 2.44. The van der Waals surface area contributed by atoms with Gasteiger partial charge in [-0.05, 0) is 92.2 Å². The summed E-state index contributed by atoms with van der Waals surface area (Å²) in [5.41, 5.74) is 8.67. The number of hydrogen-bond donors (Lipinski definition) is 0. The SMILES string of the molecule is C=C(C)c1cc(CC2CC3CN(c4ccccc4C#N)CC3C2)c(C)cc1C. The van der Waals surface area contributed by atoms with Crippen LogP contribution in [0.5, 0.6) is 0 Å². The minimum Gasteiger partial charge on any atom is -0.370 e. The first kappa shape index (κ1) is 18.8. The van der Waals surface area contributed by atoms with Gasteiger partial charge in [0.15, 0.2) is 0 Å². The molecule has 2 heteroatoms. The van der Waals surface area contributed by atoms with Crippen LogP contribution in [0.15, 0.2) is 43.0 Å². The van der Waals surface area contributed by atoms with Crippen LogP contribution in [-0.4, -0.2) is 13.1 Å². The Kier molecular flexibility index (Phi) is 5.02. The average molecular weight is 371 g/mol. The molecule has 0 spiro atoms. The number of fused-ring (bicyclic) bond motifs is 1. The van der Waals surface area contributed by atoms with E-state index in [9.17, 15) is 5.26 Å². The molecule has 144 valence electrons. The summed E-state index contributed by atoms with van der Waals surface area (Å²) in [6.45, 7) is 12.9. The zero-order valence-corrected chi connectivity index (χ0v) is 17.3. The molecule has 2 fully saturated rings. The molecular formula is C26H30N2. The van der Waals surface area contributed by atoms with Gasteiger partial charge in [-0.1, -0.05) is 36.4 Å². The van der Waals surface area contributed by atoms with Crippen molar-refractivity contribution < 1.29 is 0 Å². The maximum Gasteiger partial charge on any atom is 0.101 e. The second kappa shape index (κ2) is 7.47. The first-order chi connectivity index (χ1) is 13.5. The molecule has 1 aliphatic carbocycles. The maximum absolute atomic E-state index is 9.41. The van der Waals surface area contributed by atoms with Crippen molar-refractivity contribution in [1.29, 1.82) is 5.26 Å². The van der Waals surface area contributed by atoms with Gasteiger partial charge in [0.05, 0.1) is 11.3 Å². The van der Waals surface area contributed by atoms with Crippen LogP contribution in [0, 0.1) is 42.9 Å². The molecule has 2 aromatic carbocycles. The lowest BCUT2D eigenvalue weighted by atomic mass is 9.89. The van der Waals surface area contributed by atoms with Crippen LogP contribution in [0.4, 0.5) is 5.69 Å². The van der Waals surface area contributed by atoms with Crippen molar-refractivity contribution in [3.05, 3.63) is 70.8 Å². The standard InChI is InChI=1S/C26H30N2/c1-17(2)25-13-22(18(3)9-19(25)4)10-20-11-23-15-28(16-24(23)12-20)26-8-6-5-7-21(26)14-27/h5-9,13,20,23-24H,1,10-12,15-16H2,2-4H3. The van der Waals surface area contributed by atoms with Crippen LogP contribution in [0.25, 0.3) is 5.57 Å². The summed E-state index contributed by atoms with van der Waals surface area (Å²) in [5.74, 6) is 2.31. The number of anilines is 1. The number of benzene rings is 2. The maximum atomic E-state index is 9.41. The summed E-state index contributed by atoms with van der Waals surface area (Å²) in [5, 5.41) is 9.41. The molecule has 0 N–H and O–H groups in total. The van der Waals surface area contributed by atoms with Gasteiger partial charge in [-0.25, -0.2) is 0 Å². The molecule has 1 heterocycles. The summed E-state index contributed by atoms with van der Waals surface area (Å²) in [7, 11) is 0. The monoisotopic (exact) mass is 370 g/mol. The molecule has 28 heavy (non-hydrogen) atoms. The Morgan fingerprint density at radius 1 is 1.11 bits per heavy atom. The fraction of sp³-hybridized carbons (Fsp3) is 0.423. The van der Waals surface area contributed by atoms with Gasteiger partial charge in [0.1, 0.15) is 6.07 Å².